The molecule has 0 fully saturated rings. The predicted octanol–water partition coefficient (Wildman–Crippen LogP) is 2.22. The summed E-state index contributed by atoms with van der Waals surface area (Å²) in [5.41, 5.74) is 1.88. The lowest BCUT2D eigenvalue weighted by molar-refractivity contribution is 0.254. The summed E-state index contributed by atoms with van der Waals surface area (Å²) in [6.45, 7) is 4.54. The van der Waals surface area contributed by atoms with E-state index in [1.54, 1.807) is 0 Å². The molecule has 0 unspecified atom stereocenters. The maximum Gasteiger partial charge on any atom is 0.128 e. The van der Waals surface area contributed by atoms with Crippen LogP contribution in [0.3, 0.4) is 0 Å². The third kappa shape index (κ3) is 1.96. The predicted molar refractivity (Wildman–Crippen MR) is 60.8 cm³/mol. The van der Waals surface area contributed by atoms with Crippen molar-refractivity contribution in [3.8, 4) is 11.5 Å². The molecule has 4 nitrogen and oxygen atoms in total. The van der Waals surface area contributed by atoms with Gasteiger partial charge in [-0.2, -0.15) is 0 Å². The van der Waals surface area contributed by atoms with Gasteiger partial charge < -0.3 is 14.7 Å². The van der Waals surface area contributed by atoms with E-state index in [4.69, 9.17) is 14.7 Å². The average molecular weight is 221 g/mol. The summed E-state index contributed by atoms with van der Waals surface area (Å²) >= 11 is 0. The van der Waals surface area contributed by atoms with Gasteiger partial charge in [0.1, 0.15) is 17.6 Å². The van der Waals surface area contributed by atoms with Gasteiger partial charge >= 0.3 is 0 Å². The van der Waals surface area contributed by atoms with Crippen LogP contribution >= 0.6 is 0 Å². The van der Waals surface area contributed by atoms with Crippen LogP contribution in [0.15, 0.2) is 17.3 Å². The van der Waals surface area contributed by atoms with E-state index in [-0.39, 0.29) is 6.10 Å². The third-order valence-electron chi connectivity index (χ3n) is 2.53. The van der Waals surface area contributed by atoms with Gasteiger partial charge in [-0.1, -0.05) is 5.16 Å². The van der Waals surface area contributed by atoms with Crippen LogP contribution in [-0.4, -0.2) is 24.1 Å². The lowest BCUT2D eigenvalue weighted by Crippen LogP contribution is -2.05. The Morgan fingerprint density at radius 2 is 2.44 bits per heavy atom. The van der Waals surface area contributed by atoms with E-state index in [1.807, 2.05) is 26.0 Å². The Balaban J connectivity index is 2.40. The molecule has 0 bridgehead atoms. The maximum atomic E-state index is 8.59. The smallest absolute Gasteiger partial charge is 0.128 e. The number of ether oxygens (including phenoxy) is 2. The van der Waals surface area contributed by atoms with Crippen LogP contribution in [0.25, 0.3) is 0 Å². The molecule has 0 radical (unpaired) electrons. The molecule has 0 spiro atoms. The van der Waals surface area contributed by atoms with Crippen LogP contribution in [0.5, 0.6) is 11.5 Å². The molecule has 4 heteroatoms. The number of hydrogen-bond donors (Lipinski definition) is 1. The van der Waals surface area contributed by atoms with Gasteiger partial charge in [-0.15, -0.1) is 0 Å². The Morgan fingerprint density at radius 1 is 1.62 bits per heavy atom. The normalized spacial score (nSPS) is 18.5. The molecule has 1 aliphatic rings. The van der Waals surface area contributed by atoms with Crippen LogP contribution in [0.4, 0.5) is 0 Å². The minimum absolute atomic E-state index is 0.200. The first-order chi connectivity index (χ1) is 7.74. The lowest BCUT2D eigenvalue weighted by atomic mass is 10.1. The molecule has 0 saturated carbocycles. The Labute approximate surface area is 94.5 Å². The topological polar surface area (TPSA) is 51.0 Å². The van der Waals surface area contributed by atoms with Crippen molar-refractivity contribution >= 4 is 6.21 Å². The molecule has 0 saturated heterocycles. The number of fused-ring (bicyclic) bond motifs is 1. The highest BCUT2D eigenvalue weighted by atomic mass is 16.5. The highest BCUT2D eigenvalue weighted by Crippen LogP contribution is 2.34. The quantitative estimate of drug-likeness (QED) is 0.483. The van der Waals surface area contributed by atoms with Crippen molar-refractivity contribution in [3.05, 3.63) is 23.3 Å². The zero-order valence-electron chi connectivity index (χ0n) is 9.43. The SMILES string of the molecule is CCOc1cc2c(cc1C=NO)O[C@H](C)C2. The van der Waals surface area contributed by atoms with Gasteiger partial charge in [-0.3, -0.25) is 0 Å². The molecule has 2 rings (SSSR count). The summed E-state index contributed by atoms with van der Waals surface area (Å²) in [7, 11) is 0. The average Bonchev–Trinajstić information content (AvgIpc) is 2.58. The van der Waals surface area contributed by atoms with Crippen molar-refractivity contribution in [2.45, 2.75) is 26.4 Å². The Kier molecular flexibility index (Phi) is 2.99. The number of nitrogens with zero attached hydrogens (tertiary/aromatic N) is 1. The summed E-state index contributed by atoms with van der Waals surface area (Å²) in [5, 5.41) is 11.6. The van der Waals surface area contributed by atoms with Crippen LogP contribution in [0.2, 0.25) is 0 Å². The maximum absolute atomic E-state index is 8.59. The molecule has 16 heavy (non-hydrogen) atoms. The molecule has 1 N–H and O–H groups in total. The van der Waals surface area contributed by atoms with Crippen LogP contribution in [0, 0.1) is 0 Å². The molecule has 1 aromatic carbocycles. The second-order valence-corrected chi connectivity index (χ2v) is 3.81. The number of oxime groups is 1. The first kappa shape index (κ1) is 10.8. The first-order valence-electron chi connectivity index (χ1n) is 5.38. The highest BCUT2D eigenvalue weighted by molar-refractivity contribution is 5.84. The van der Waals surface area contributed by atoms with Crippen molar-refractivity contribution in [2.75, 3.05) is 6.61 Å². The van der Waals surface area contributed by atoms with E-state index in [9.17, 15) is 0 Å². The van der Waals surface area contributed by atoms with Crippen molar-refractivity contribution in [3.63, 3.8) is 0 Å². The highest BCUT2D eigenvalue weighted by Gasteiger charge is 2.21. The fourth-order valence-electron chi connectivity index (χ4n) is 1.90. The second kappa shape index (κ2) is 4.43. The van der Waals surface area contributed by atoms with Crippen LogP contribution < -0.4 is 9.47 Å². The van der Waals surface area contributed by atoms with Crippen molar-refractivity contribution in [2.24, 2.45) is 5.16 Å². The summed E-state index contributed by atoms with van der Waals surface area (Å²) in [4.78, 5) is 0. The van der Waals surface area contributed by atoms with E-state index >= 15 is 0 Å². The van der Waals surface area contributed by atoms with E-state index in [1.165, 1.54) is 6.21 Å². The third-order valence-corrected chi connectivity index (χ3v) is 2.53. The van der Waals surface area contributed by atoms with Crippen molar-refractivity contribution in [1.29, 1.82) is 0 Å². The van der Waals surface area contributed by atoms with Crippen molar-refractivity contribution < 1.29 is 14.7 Å². The van der Waals surface area contributed by atoms with Gasteiger partial charge in [-0.25, -0.2) is 0 Å². The van der Waals surface area contributed by atoms with Gasteiger partial charge in [0.15, 0.2) is 0 Å². The summed E-state index contributed by atoms with van der Waals surface area (Å²) in [5.74, 6) is 1.59. The molecule has 0 aliphatic carbocycles. The minimum Gasteiger partial charge on any atom is -0.493 e. The van der Waals surface area contributed by atoms with Gasteiger partial charge in [-0.05, 0) is 26.0 Å². The number of benzene rings is 1. The molecule has 1 atom stereocenters. The molecule has 0 amide bonds. The summed E-state index contributed by atoms with van der Waals surface area (Å²) in [6.07, 6.45) is 2.45. The molecule has 1 aromatic rings. The Morgan fingerprint density at radius 3 is 3.12 bits per heavy atom. The molecule has 1 heterocycles. The second-order valence-electron chi connectivity index (χ2n) is 3.81. The molecular formula is C12H15NO3. The lowest BCUT2D eigenvalue weighted by Gasteiger charge is -2.09. The van der Waals surface area contributed by atoms with Crippen LogP contribution in [-0.2, 0) is 6.42 Å². The van der Waals surface area contributed by atoms with E-state index < -0.39 is 0 Å². The number of rotatable bonds is 3. The van der Waals surface area contributed by atoms with Crippen LogP contribution in [0.1, 0.15) is 25.0 Å². The fourth-order valence-corrected chi connectivity index (χ4v) is 1.90. The molecule has 86 valence electrons. The van der Waals surface area contributed by atoms with Gasteiger partial charge in [0.2, 0.25) is 0 Å². The van der Waals surface area contributed by atoms with Gasteiger partial charge in [0.25, 0.3) is 0 Å². The zero-order valence-corrected chi connectivity index (χ0v) is 9.43. The minimum atomic E-state index is 0.200. The van der Waals surface area contributed by atoms with E-state index in [2.05, 4.69) is 5.16 Å². The fraction of sp³-hybridized carbons (Fsp3) is 0.417. The Hall–Kier alpha value is -1.71. The summed E-state index contributed by atoms with van der Waals surface area (Å²) in [6, 6.07) is 3.81. The molecular weight excluding hydrogens is 206 g/mol. The standard InChI is InChI=1S/C12H15NO3/c1-3-15-11-5-9-4-8(2)16-12(9)6-10(11)7-13-14/h5-8,14H,3-4H2,1-2H3/t8-/m1/s1. The zero-order chi connectivity index (χ0) is 11.5. The summed E-state index contributed by atoms with van der Waals surface area (Å²) < 4.78 is 11.1. The van der Waals surface area contributed by atoms with Crippen molar-refractivity contribution in [1.82, 2.24) is 0 Å². The van der Waals surface area contributed by atoms with E-state index in [0.717, 1.165) is 29.0 Å². The number of hydrogen-bond acceptors (Lipinski definition) is 4. The van der Waals surface area contributed by atoms with Gasteiger partial charge in [0.05, 0.1) is 12.8 Å². The van der Waals surface area contributed by atoms with E-state index in [0.29, 0.717) is 6.61 Å². The molecule has 0 aromatic heterocycles. The molecule has 1 aliphatic heterocycles. The largest absolute Gasteiger partial charge is 0.493 e. The first-order valence-corrected chi connectivity index (χ1v) is 5.38. The van der Waals surface area contributed by atoms with Gasteiger partial charge in [0, 0.05) is 17.5 Å². The monoisotopic (exact) mass is 221 g/mol. The Bertz CT molecular complexity index is 415.